The summed E-state index contributed by atoms with van der Waals surface area (Å²) in [5, 5.41) is 2.06. The highest BCUT2D eigenvalue weighted by Gasteiger charge is 2.44. The van der Waals surface area contributed by atoms with E-state index < -0.39 is 36.6 Å². The predicted molar refractivity (Wildman–Crippen MR) is 91.7 cm³/mol. The summed E-state index contributed by atoms with van der Waals surface area (Å²) in [7, 11) is 0. The molecule has 5 nitrogen and oxygen atoms in total. The lowest BCUT2D eigenvalue weighted by molar-refractivity contribution is -0.236. The number of alkyl halides is 3. The molecule has 4 atom stereocenters. The van der Waals surface area contributed by atoms with Gasteiger partial charge in [0.25, 0.3) is 0 Å². The molecule has 8 heteroatoms. The summed E-state index contributed by atoms with van der Waals surface area (Å²) in [5.74, 6) is -1.96. The average Bonchev–Trinajstić information content (AvgIpc) is 2.56. The molecule has 0 saturated carbocycles. The van der Waals surface area contributed by atoms with Crippen LogP contribution in [0.25, 0.3) is 0 Å². The highest BCUT2D eigenvalue weighted by molar-refractivity contribution is 5.82. The van der Waals surface area contributed by atoms with Crippen molar-refractivity contribution in [2.75, 3.05) is 13.2 Å². The molecule has 0 radical (unpaired) electrons. The van der Waals surface area contributed by atoms with Gasteiger partial charge in [0, 0.05) is 19.6 Å². The maximum absolute atomic E-state index is 12.6. The summed E-state index contributed by atoms with van der Waals surface area (Å²) in [5.41, 5.74) is 0. The van der Waals surface area contributed by atoms with Crippen LogP contribution in [0.5, 0.6) is 0 Å². The molecule has 0 aromatic carbocycles. The van der Waals surface area contributed by atoms with Crippen molar-refractivity contribution in [3.05, 3.63) is 0 Å². The van der Waals surface area contributed by atoms with Gasteiger partial charge in [-0.25, -0.2) is 0 Å². The van der Waals surface area contributed by atoms with Crippen molar-refractivity contribution in [3.8, 4) is 0 Å². The van der Waals surface area contributed by atoms with Crippen molar-refractivity contribution in [1.82, 2.24) is 5.32 Å². The van der Waals surface area contributed by atoms with E-state index in [2.05, 4.69) is 19.2 Å². The Morgan fingerprint density at radius 1 is 1.08 bits per heavy atom. The summed E-state index contributed by atoms with van der Waals surface area (Å²) in [6.45, 7) is 6.76. The van der Waals surface area contributed by atoms with E-state index in [0.717, 1.165) is 38.5 Å². The molecule has 1 aliphatic rings. The van der Waals surface area contributed by atoms with Gasteiger partial charge in [0.1, 0.15) is 6.10 Å². The normalized spacial score (nSPS) is 26.7. The van der Waals surface area contributed by atoms with Gasteiger partial charge in [-0.1, -0.05) is 39.5 Å². The Bertz CT molecular complexity index is 406. The number of carbonyl (C=O) groups excluding carboxylic acids is 1. The second-order valence-corrected chi connectivity index (χ2v) is 6.70. The monoisotopic (exact) mass is 383 g/mol. The Morgan fingerprint density at radius 3 is 2.19 bits per heavy atom. The number of ether oxygens (including phenoxy) is 3. The van der Waals surface area contributed by atoms with Crippen LogP contribution >= 0.6 is 0 Å². The van der Waals surface area contributed by atoms with E-state index >= 15 is 0 Å². The van der Waals surface area contributed by atoms with E-state index in [1.807, 2.05) is 0 Å². The predicted octanol–water partition coefficient (Wildman–Crippen LogP) is 3.95. The minimum atomic E-state index is -4.92. The number of nitrogens with one attached hydrogen (secondary N) is 1. The molecule has 0 aliphatic carbocycles. The van der Waals surface area contributed by atoms with Crippen molar-refractivity contribution >= 4 is 5.91 Å². The number of hydrogen-bond acceptors (Lipinski definition) is 4. The molecule has 0 unspecified atom stereocenters. The summed E-state index contributed by atoms with van der Waals surface area (Å²) in [6.07, 6.45) is -0.805. The van der Waals surface area contributed by atoms with Crippen LogP contribution in [0.4, 0.5) is 13.2 Å². The van der Waals surface area contributed by atoms with Crippen LogP contribution in [0, 0.1) is 0 Å². The van der Waals surface area contributed by atoms with Gasteiger partial charge in [-0.2, -0.15) is 13.2 Å². The third-order valence-electron chi connectivity index (χ3n) is 4.36. The first-order valence-corrected chi connectivity index (χ1v) is 9.55. The first-order valence-electron chi connectivity index (χ1n) is 9.55. The van der Waals surface area contributed by atoms with E-state index in [9.17, 15) is 18.0 Å². The summed E-state index contributed by atoms with van der Waals surface area (Å²) in [4.78, 5) is 11.4. The number of carbonyl (C=O) groups is 1. The summed E-state index contributed by atoms with van der Waals surface area (Å²) >= 11 is 0. The molecule has 0 bridgehead atoms. The molecule has 1 amide bonds. The van der Waals surface area contributed by atoms with Gasteiger partial charge in [-0.3, -0.25) is 4.79 Å². The lowest BCUT2D eigenvalue weighted by atomic mass is 9.99. The molecule has 1 heterocycles. The molecular weight excluding hydrogens is 351 g/mol. The van der Waals surface area contributed by atoms with Gasteiger partial charge < -0.3 is 19.5 Å². The van der Waals surface area contributed by atoms with Crippen LogP contribution in [0.2, 0.25) is 0 Å². The lowest BCUT2D eigenvalue weighted by Crippen LogP contribution is -2.58. The molecule has 1 saturated heterocycles. The largest absolute Gasteiger partial charge is 0.471 e. The van der Waals surface area contributed by atoms with Gasteiger partial charge >= 0.3 is 12.1 Å². The van der Waals surface area contributed by atoms with Crippen molar-refractivity contribution in [3.63, 3.8) is 0 Å². The maximum Gasteiger partial charge on any atom is 0.471 e. The van der Waals surface area contributed by atoms with Crippen LogP contribution in [-0.2, 0) is 19.0 Å². The van der Waals surface area contributed by atoms with Gasteiger partial charge in [0.2, 0.25) is 0 Å². The van der Waals surface area contributed by atoms with Crippen molar-refractivity contribution in [1.29, 1.82) is 0 Å². The quantitative estimate of drug-likeness (QED) is 0.549. The highest BCUT2D eigenvalue weighted by atomic mass is 19.4. The molecule has 1 aliphatic heterocycles. The Kier molecular flexibility index (Phi) is 10.5. The van der Waals surface area contributed by atoms with Crippen LogP contribution < -0.4 is 5.32 Å². The number of halogens is 3. The number of hydrogen-bond donors (Lipinski definition) is 1. The van der Waals surface area contributed by atoms with Gasteiger partial charge in [0.05, 0.1) is 12.1 Å². The minimum Gasteiger partial charge on any atom is -0.373 e. The molecule has 0 aromatic heterocycles. The summed E-state index contributed by atoms with van der Waals surface area (Å²) < 4.78 is 55.1. The number of amides is 1. The van der Waals surface area contributed by atoms with Crippen molar-refractivity contribution in [2.24, 2.45) is 0 Å². The van der Waals surface area contributed by atoms with Gasteiger partial charge in [-0.05, 0) is 19.8 Å². The fraction of sp³-hybridized carbons (Fsp3) is 0.944. The molecule has 1 fully saturated rings. The zero-order valence-corrected chi connectivity index (χ0v) is 15.9. The molecular formula is C18H32F3NO4. The zero-order valence-electron chi connectivity index (χ0n) is 15.9. The fourth-order valence-corrected chi connectivity index (χ4v) is 2.93. The Balaban J connectivity index is 2.66. The van der Waals surface area contributed by atoms with Crippen LogP contribution in [-0.4, -0.2) is 49.8 Å². The van der Waals surface area contributed by atoms with Crippen LogP contribution in [0.1, 0.15) is 65.7 Å². The van der Waals surface area contributed by atoms with E-state index in [0.29, 0.717) is 13.2 Å². The number of rotatable bonds is 11. The highest BCUT2D eigenvalue weighted by Crippen LogP contribution is 2.26. The average molecular weight is 383 g/mol. The van der Waals surface area contributed by atoms with Gasteiger partial charge in [0.15, 0.2) is 6.29 Å². The zero-order chi connectivity index (χ0) is 19.6. The Hall–Kier alpha value is -0.860. The van der Waals surface area contributed by atoms with Crippen LogP contribution in [0.15, 0.2) is 0 Å². The molecule has 154 valence electrons. The topological polar surface area (TPSA) is 56.8 Å². The van der Waals surface area contributed by atoms with E-state index in [1.165, 1.54) is 0 Å². The Morgan fingerprint density at radius 2 is 1.65 bits per heavy atom. The molecule has 0 spiro atoms. The lowest BCUT2D eigenvalue weighted by Gasteiger charge is -2.40. The first kappa shape index (κ1) is 23.2. The van der Waals surface area contributed by atoms with E-state index in [1.54, 1.807) is 6.92 Å². The van der Waals surface area contributed by atoms with Crippen LogP contribution in [0.3, 0.4) is 0 Å². The third kappa shape index (κ3) is 8.22. The molecule has 26 heavy (non-hydrogen) atoms. The molecule has 0 aromatic rings. The van der Waals surface area contributed by atoms with Crippen molar-refractivity contribution in [2.45, 2.75) is 96.4 Å². The molecule has 1 N–H and O–H groups in total. The minimum absolute atomic E-state index is 0.136. The second kappa shape index (κ2) is 11.8. The maximum atomic E-state index is 12.6. The fourth-order valence-electron chi connectivity index (χ4n) is 2.93. The smallest absolute Gasteiger partial charge is 0.373 e. The Labute approximate surface area is 153 Å². The van der Waals surface area contributed by atoms with E-state index in [-0.39, 0.29) is 6.42 Å². The SMILES string of the molecule is CCCCCO[C@@H]1C[C@@H](NC(=O)C(F)(F)F)[C@H](OCCCCC)[C@@H](C)O1. The number of unbranched alkanes of at least 4 members (excludes halogenated alkanes) is 4. The standard InChI is InChI=1S/C18H32F3NO4/c1-4-6-8-10-24-15-12-14(22-17(23)18(19,20)21)16(13(3)26-15)25-11-9-7-5-2/h13-16H,4-12H2,1-3H3,(H,22,23)/t13-,14-,15+,16-/m1/s1. The van der Waals surface area contributed by atoms with Crippen molar-refractivity contribution < 1.29 is 32.2 Å². The summed E-state index contributed by atoms with van der Waals surface area (Å²) in [6, 6.07) is -0.800. The van der Waals surface area contributed by atoms with E-state index in [4.69, 9.17) is 14.2 Å². The third-order valence-corrected chi connectivity index (χ3v) is 4.36. The second-order valence-electron chi connectivity index (χ2n) is 6.70. The van der Waals surface area contributed by atoms with Gasteiger partial charge in [-0.15, -0.1) is 0 Å². The first-order chi connectivity index (χ1) is 12.3. The molecule has 1 rings (SSSR count).